The Labute approximate surface area is 194 Å². The van der Waals surface area contributed by atoms with E-state index in [1.807, 2.05) is 70.3 Å². The van der Waals surface area contributed by atoms with Gasteiger partial charge < -0.3 is 4.90 Å². The molecule has 0 spiro atoms. The molecule has 1 saturated heterocycles. The largest absolute Gasteiger partial charge is 0.338 e. The van der Waals surface area contributed by atoms with Crippen LogP contribution in [0.15, 0.2) is 47.5 Å². The van der Waals surface area contributed by atoms with Gasteiger partial charge in [0.15, 0.2) is 0 Å². The number of aryl methyl sites for hydroxylation is 2. The van der Waals surface area contributed by atoms with E-state index in [-0.39, 0.29) is 24.9 Å². The van der Waals surface area contributed by atoms with E-state index < -0.39 is 10.0 Å². The topological polar surface area (TPSA) is 97.2 Å². The molecule has 174 valence electrons. The molecule has 1 amide bonds. The maximum absolute atomic E-state index is 12.9. The van der Waals surface area contributed by atoms with Crippen LogP contribution in [0, 0.1) is 27.7 Å². The van der Waals surface area contributed by atoms with Crippen molar-refractivity contribution in [2.24, 2.45) is 0 Å². The lowest BCUT2D eigenvalue weighted by molar-refractivity contribution is -0.137. The fraction of sp³-hybridized carbons (Fsp3) is 0.375. The van der Waals surface area contributed by atoms with Crippen LogP contribution in [0.1, 0.15) is 34.7 Å². The monoisotopic (exact) mass is 467 g/mol. The third kappa shape index (κ3) is 4.69. The molecule has 0 unspecified atom stereocenters. The van der Waals surface area contributed by atoms with Crippen LogP contribution < -0.4 is 4.72 Å². The maximum Gasteiger partial charge on any atom is 0.241 e. The molecule has 0 atom stereocenters. The third-order valence-electron chi connectivity index (χ3n) is 6.37. The molecule has 0 bridgehead atoms. The average Bonchev–Trinajstić information content (AvgIpc) is 3.21. The molecule has 0 saturated carbocycles. The number of sulfonamides is 1. The van der Waals surface area contributed by atoms with Gasteiger partial charge in [-0.2, -0.15) is 0 Å². The van der Waals surface area contributed by atoms with Gasteiger partial charge in [0.05, 0.1) is 17.1 Å². The van der Waals surface area contributed by atoms with Crippen LogP contribution in [0.4, 0.5) is 0 Å². The minimum Gasteiger partial charge on any atom is -0.338 e. The molecule has 9 heteroatoms. The molecule has 1 fully saturated rings. The first kappa shape index (κ1) is 23.1. The Balaban J connectivity index is 1.30. The molecule has 0 radical (unpaired) electrons. The standard InChI is InChI=1S/C24H29N5O3S/c1-16-12-17(2)19(4)24(18(16)3)33(31,32)25-11-10-23(30)28-13-21(14-28)29-15-22(26-27-29)20-8-6-5-7-9-20/h5-9,12,15,21,25H,10-11,13-14H2,1-4H3. The molecule has 1 aromatic heterocycles. The lowest BCUT2D eigenvalue weighted by Gasteiger charge is -2.39. The number of amides is 1. The maximum atomic E-state index is 12.9. The first-order valence-electron chi connectivity index (χ1n) is 11.0. The van der Waals surface area contributed by atoms with Crippen LogP contribution in [-0.2, 0) is 14.8 Å². The first-order valence-corrected chi connectivity index (χ1v) is 12.5. The van der Waals surface area contributed by atoms with Crippen LogP contribution in [0.3, 0.4) is 0 Å². The van der Waals surface area contributed by atoms with Crippen molar-refractivity contribution in [1.29, 1.82) is 0 Å². The van der Waals surface area contributed by atoms with Crippen molar-refractivity contribution in [2.45, 2.75) is 45.1 Å². The Morgan fingerprint density at radius 3 is 2.33 bits per heavy atom. The van der Waals surface area contributed by atoms with Crippen molar-refractivity contribution >= 4 is 15.9 Å². The summed E-state index contributed by atoms with van der Waals surface area (Å²) in [4.78, 5) is 14.6. The fourth-order valence-electron chi connectivity index (χ4n) is 4.13. The summed E-state index contributed by atoms with van der Waals surface area (Å²) in [6.07, 6.45) is 2.01. The van der Waals surface area contributed by atoms with Gasteiger partial charge in [-0.3, -0.25) is 4.79 Å². The molecule has 2 heterocycles. The van der Waals surface area contributed by atoms with Crippen molar-refractivity contribution in [2.75, 3.05) is 19.6 Å². The molecule has 33 heavy (non-hydrogen) atoms. The van der Waals surface area contributed by atoms with Crippen molar-refractivity contribution in [1.82, 2.24) is 24.6 Å². The summed E-state index contributed by atoms with van der Waals surface area (Å²) < 4.78 is 30.2. The second-order valence-electron chi connectivity index (χ2n) is 8.64. The molecule has 2 aromatic carbocycles. The lowest BCUT2D eigenvalue weighted by Crippen LogP contribution is -2.51. The van der Waals surface area contributed by atoms with E-state index >= 15 is 0 Å². The molecule has 8 nitrogen and oxygen atoms in total. The minimum absolute atomic E-state index is 0.0652. The average molecular weight is 468 g/mol. The van der Waals surface area contributed by atoms with Gasteiger partial charge in [0.2, 0.25) is 15.9 Å². The second-order valence-corrected chi connectivity index (χ2v) is 10.3. The number of likely N-dealkylation sites (tertiary alicyclic amines) is 1. The van der Waals surface area contributed by atoms with Gasteiger partial charge in [-0.05, 0) is 49.9 Å². The Bertz CT molecular complexity index is 1250. The number of aromatic nitrogens is 3. The van der Waals surface area contributed by atoms with Crippen molar-refractivity contribution in [3.8, 4) is 11.3 Å². The number of hydrogen-bond donors (Lipinski definition) is 1. The summed E-state index contributed by atoms with van der Waals surface area (Å²) in [6, 6.07) is 11.9. The quantitative estimate of drug-likeness (QED) is 0.576. The highest BCUT2D eigenvalue weighted by Gasteiger charge is 2.32. The Morgan fingerprint density at radius 1 is 1.06 bits per heavy atom. The Hall–Kier alpha value is -3.04. The molecule has 4 rings (SSSR count). The summed E-state index contributed by atoms with van der Waals surface area (Å²) in [5, 5.41) is 8.43. The van der Waals surface area contributed by atoms with E-state index in [1.165, 1.54) is 0 Å². The second kappa shape index (κ2) is 9.07. The zero-order chi connectivity index (χ0) is 23.8. The van der Waals surface area contributed by atoms with Gasteiger partial charge >= 0.3 is 0 Å². The van der Waals surface area contributed by atoms with Gasteiger partial charge in [0.25, 0.3) is 0 Å². The molecule has 1 aliphatic heterocycles. The first-order chi connectivity index (χ1) is 15.7. The minimum atomic E-state index is -3.70. The van der Waals surface area contributed by atoms with Gasteiger partial charge in [0.1, 0.15) is 5.69 Å². The summed E-state index contributed by atoms with van der Waals surface area (Å²) >= 11 is 0. The summed E-state index contributed by atoms with van der Waals surface area (Å²) in [5.41, 5.74) is 5.15. The van der Waals surface area contributed by atoms with Crippen molar-refractivity contribution in [3.05, 3.63) is 64.8 Å². The smallest absolute Gasteiger partial charge is 0.241 e. The SMILES string of the molecule is Cc1cc(C)c(C)c(S(=O)(=O)NCCC(=O)N2CC(n3cc(-c4ccccc4)nn3)C2)c1C. The van der Waals surface area contributed by atoms with Crippen LogP contribution >= 0.6 is 0 Å². The normalized spacial score (nSPS) is 14.4. The van der Waals surface area contributed by atoms with E-state index in [4.69, 9.17) is 0 Å². The predicted molar refractivity (Wildman–Crippen MR) is 126 cm³/mol. The third-order valence-corrected chi connectivity index (χ3v) is 8.10. The van der Waals surface area contributed by atoms with Crippen LogP contribution in [-0.4, -0.2) is 53.9 Å². The number of nitrogens with zero attached hydrogens (tertiary/aromatic N) is 4. The van der Waals surface area contributed by atoms with E-state index in [0.717, 1.165) is 33.5 Å². The fourth-order valence-corrected chi connectivity index (χ4v) is 5.77. The zero-order valence-corrected chi connectivity index (χ0v) is 20.2. The number of nitrogens with one attached hydrogen (secondary N) is 1. The summed E-state index contributed by atoms with van der Waals surface area (Å²) in [5.74, 6) is -0.0776. The van der Waals surface area contributed by atoms with Crippen molar-refractivity contribution < 1.29 is 13.2 Å². The number of carbonyl (C=O) groups is 1. The lowest BCUT2D eigenvalue weighted by atomic mass is 10.0. The Morgan fingerprint density at radius 2 is 1.70 bits per heavy atom. The number of hydrogen-bond acceptors (Lipinski definition) is 5. The molecular formula is C24H29N5O3S. The van der Waals surface area contributed by atoms with Crippen LogP contribution in [0.5, 0.6) is 0 Å². The molecule has 1 aliphatic rings. The molecular weight excluding hydrogens is 438 g/mol. The number of benzene rings is 2. The van der Waals surface area contributed by atoms with Gasteiger partial charge in [-0.25, -0.2) is 17.8 Å². The predicted octanol–water partition coefficient (Wildman–Crippen LogP) is 2.93. The van der Waals surface area contributed by atoms with Gasteiger partial charge in [-0.1, -0.05) is 41.6 Å². The highest BCUT2D eigenvalue weighted by Crippen LogP contribution is 2.26. The number of carbonyl (C=O) groups excluding carboxylic acids is 1. The van der Waals surface area contributed by atoms with E-state index in [9.17, 15) is 13.2 Å². The molecule has 1 N–H and O–H groups in total. The van der Waals surface area contributed by atoms with E-state index in [1.54, 1.807) is 9.58 Å². The van der Waals surface area contributed by atoms with Crippen LogP contribution in [0.2, 0.25) is 0 Å². The van der Waals surface area contributed by atoms with E-state index in [0.29, 0.717) is 18.0 Å². The highest BCUT2D eigenvalue weighted by atomic mass is 32.2. The highest BCUT2D eigenvalue weighted by molar-refractivity contribution is 7.89. The summed E-state index contributed by atoms with van der Waals surface area (Å²) in [7, 11) is -3.70. The molecule has 0 aliphatic carbocycles. The molecule has 3 aromatic rings. The summed E-state index contributed by atoms with van der Waals surface area (Å²) in [6.45, 7) is 8.59. The van der Waals surface area contributed by atoms with Gasteiger partial charge in [0, 0.05) is 31.6 Å². The van der Waals surface area contributed by atoms with Gasteiger partial charge in [-0.15, -0.1) is 5.10 Å². The van der Waals surface area contributed by atoms with E-state index in [2.05, 4.69) is 15.0 Å². The Kier molecular flexibility index (Phi) is 6.36. The number of rotatable bonds is 7. The van der Waals surface area contributed by atoms with Crippen molar-refractivity contribution in [3.63, 3.8) is 0 Å². The zero-order valence-electron chi connectivity index (χ0n) is 19.4. The van der Waals surface area contributed by atoms with Crippen LogP contribution in [0.25, 0.3) is 11.3 Å².